The number of benzene rings is 1. The molecule has 0 aromatic heterocycles. The predicted octanol–water partition coefficient (Wildman–Crippen LogP) is 2.20. The molecule has 162 valence electrons. The fourth-order valence-corrected chi connectivity index (χ4v) is 4.15. The number of ether oxygens (including phenoxy) is 1. The van der Waals surface area contributed by atoms with Crippen LogP contribution in [0.5, 0.6) is 0 Å². The predicted molar refractivity (Wildman–Crippen MR) is 119 cm³/mol. The van der Waals surface area contributed by atoms with E-state index in [0.717, 1.165) is 12.2 Å². The summed E-state index contributed by atoms with van der Waals surface area (Å²) < 4.78 is 4.89. The Balaban J connectivity index is 2.19. The molecular weight excluding hydrogens is 386 g/mol. The number of nitrogens with zero attached hydrogens (tertiary/aromatic N) is 1. The lowest BCUT2D eigenvalue weighted by molar-refractivity contribution is -0.146. The van der Waals surface area contributed by atoms with Crippen LogP contribution in [0.25, 0.3) is 0 Å². The van der Waals surface area contributed by atoms with Gasteiger partial charge in [-0.15, -0.1) is 0 Å². The molecule has 3 N–H and O–H groups in total. The number of fused-ring (bicyclic) bond motifs is 1. The van der Waals surface area contributed by atoms with E-state index in [0.29, 0.717) is 31.8 Å². The molecule has 1 aromatic rings. The number of nitrogens with one attached hydrogen (secondary N) is 1. The molecule has 1 heterocycles. The van der Waals surface area contributed by atoms with Crippen LogP contribution >= 0.6 is 11.8 Å². The maximum Gasteiger partial charge on any atom is 0.328 e. The van der Waals surface area contributed by atoms with Crippen LogP contribution in [0.3, 0.4) is 0 Å². The highest BCUT2D eigenvalue weighted by molar-refractivity contribution is 7.98. The van der Waals surface area contributed by atoms with Gasteiger partial charge in [-0.05, 0) is 41.9 Å². The SMILES string of the molecule is CCC(C)C(N)CN1Cc2ccccc2C[C@H]1C(=O)NC(CCSC)C(=O)OC. The fourth-order valence-electron chi connectivity index (χ4n) is 3.68. The lowest BCUT2D eigenvalue weighted by atomic mass is 9.91. The van der Waals surface area contributed by atoms with Crippen LogP contribution in [0.1, 0.15) is 37.8 Å². The van der Waals surface area contributed by atoms with Gasteiger partial charge in [0.2, 0.25) is 5.91 Å². The van der Waals surface area contributed by atoms with E-state index in [9.17, 15) is 9.59 Å². The molecule has 0 saturated carbocycles. The third-order valence-electron chi connectivity index (χ3n) is 5.88. The molecule has 0 aliphatic carbocycles. The molecule has 6 nitrogen and oxygen atoms in total. The monoisotopic (exact) mass is 421 g/mol. The second-order valence-corrected chi connectivity index (χ2v) is 8.82. The first-order chi connectivity index (χ1) is 13.9. The van der Waals surface area contributed by atoms with Crippen molar-refractivity contribution < 1.29 is 14.3 Å². The van der Waals surface area contributed by atoms with E-state index < -0.39 is 12.0 Å². The second-order valence-electron chi connectivity index (χ2n) is 7.83. The topological polar surface area (TPSA) is 84.7 Å². The van der Waals surface area contributed by atoms with Gasteiger partial charge in [0.25, 0.3) is 0 Å². The molecule has 1 amide bonds. The first kappa shape index (κ1) is 23.7. The molecule has 0 spiro atoms. The summed E-state index contributed by atoms with van der Waals surface area (Å²) in [6.07, 6.45) is 4.15. The molecule has 0 saturated heterocycles. The Labute approximate surface area is 178 Å². The maximum atomic E-state index is 13.2. The summed E-state index contributed by atoms with van der Waals surface area (Å²) in [5.41, 5.74) is 8.84. The molecule has 7 heteroatoms. The summed E-state index contributed by atoms with van der Waals surface area (Å²) in [4.78, 5) is 27.5. The van der Waals surface area contributed by atoms with E-state index in [1.165, 1.54) is 18.2 Å². The molecule has 0 radical (unpaired) electrons. The summed E-state index contributed by atoms with van der Waals surface area (Å²) in [6.45, 7) is 5.61. The normalized spacial score (nSPS) is 19.7. The number of rotatable bonds is 10. The Morgan fingerprint density at radius 1 is 1.34 bits per heavy atom. The Morgan fingerprint density at radius 2 is 2.03 bits per heavy atom. The molecule has 0 fully saturated rings. The standard InChI is InChI=1S/C22H35N3O3S/c1-5-15(2)18(23)14-25-13-17-9-7-6-8-16(17)12-20(25)21(26)24-19(10-11-29-4)22(27)28-3/h6-9,15,18-20H,5,10-14,23H2,1-4H3,(H,24,26)/t15?,18?,19?,20-/m0/s1. The Kier molecular flexibility index (Phi) is 9.46. The number of carbonyl (C=O) groups is 2. The molecule has 2 rings (SSSR count). The minimum absolute atomic E-state index is 0.00606. The van der Waals surface area contributed by atoms with Crippen molar-refractivity contribution in [2.24, 2.45) is 11.7 Å². The molecule has 1 aliphatic rings. The van der Waals surface area contributed by atoms with Gasteiger partial charge in [0.05, 0.1) is 13.2 Å². The van der Waals surface area contributed by atoms with Crippen LogP contribution in [0.15, 0.2) is 24.3 Å². The average molecular weight is 422 g/mol. The minimum Gasteiger partial charge on any atom is -0.467 e. The largest absolute Gasteiger partial charge is 0.467 e. The fraction of sp³-hybridized carbons (Fsp3) is 0.636. The van der Waals surface area contributed by atoms with Gasteiger partial charge in [-0.2, -0.15) is 11.8 Å². The maximum absolute atomic E-state index is 13.2. The molecule has 1 aromatic carbocycles. The van der Waals surface area contributed by atoms with Crippen molar-refractivity contribution in [3.8, 4) is 0 Å². The van der Waals surface area contributed by atoms with Gasteiger partial charge in [-0.3, -0.25) is 9.69 Å². The number of esters is 1. The van der Waals surface area contributed by atoms with E-state index in [2.05, 4.69) is 36.2 Å². The molecule has 0 bridgehead atoms. The van der Waals surface area contributed by atoms with Crippen LogP contribution in [-0.4, -0.2) is 60.6 Å². The van der Waals surface area contributed by atoms with Crippen molar-refractivity contribution >= 4 is 23.6 Å². The van der Waals surface area contributed by atoms with E-state index >= 15 is 0 Å². The van der Waals surface area contributed by atoms with Crippen LogP contribution in [0.4, 0.5) is 0 Å². The van der Waals surface area contributed by atoms with Gasteiger partial charge >= 0.3 is 5.97 Å². The number of methoxy groups -OCH3 is 1. The van der Waals surface area contributed by atoms with Crippen molar-refractivity contribution in [2.45, 2.75) is 57.8 Å². The average Bonchev–Trinajstić information content (AvgIpc) is 2.74. The van der Waals surface area contributed by atoms with Crippen molar-refractivity contribution in [3.05, 3.63) is 35.4 Å². The van der Waals surface area contributed by atoms with Gasteiger partial charge in [0, 0.05) is 19.1 Å². The van der Waals surface area contributed by atoms with E-state index in [-0.39, 0.29) is 18.0 Å². The van der Waals surface area contributed by atoms with Crippen molar-refractivity contribution in [3.63, 3.8) is 0 Å². The Bertz CT molecular complexity index is 685. The Morgan fingerprint density at radius 3 is 2.66 bits per heavy atom. The number of carbonyl (C=O) groups excluding carboxylic acids is 2. The van der Waals surface area contributed by atoms with Crippen LogP contribution in [0.2, 0.25) is 0 Å². The van der Waals surface area contributed by atoms with Crippen molar-refractivity contribution in [2.75, 3.05) is 25.7 Å². The molecule has 3 unspecified atom stereocenters. The number of thioether (sulfide) groups is 1. The first-order valence-corrected chi connectivity index (χ1v) is 11.7. The summed E-state index contributed by atoms with van der Waals surface area (Å²) in [5, 5.41) is 2.94. The number of hydrogen-bond donors (Lipinski definition) is 2. The van der Waals surface area contributed by atoms with E-state index in [1.807, 2.05) is 18.4 Å². The van der Waals surface area contributed by atoms with E-state index in [1.54, 1.807) is 11.8 Å². The third-order valence-corrected chi connectivity index (χ3v) is 6.53. The molecule has 4 atom stereocenters. The highest BCUT2D eigenvalue weighted by Gasteiger charge is 2.34. The van der Waals surface area contributed by atoms with Crippen LogP contribution in [-0.2, 0) is 27.3 Å². The van der Waals surface area contributed by atoms with Crippen LogP contribution < -0.4 is 11.1 Å². The number of amides is 1. The van der Waals surface area contributed by atoms with Crippen LogP contribution in [0, 0.1) is 5.92 Å². The zero-order valence-corrected chi connectivity index (χ0v) is 18.8. The third kappa shape index (κ3) is 6.46. The highest BCUT2D eigenvalue weighted by atomic mass is 32.2. The summed E-state index contributed by atoms with van der Waals surface area (Å²) >= 11 is 1.64. The summed E-state index contributed by atoms with van der Waals surface area (Å²) in [7, 11) is 1.36. The highest BCUT2D eigenvalue weighted by Crippen LogP contribution is 2.24. The lowest BCUT2D eigenvalue weighted by Gasteiger charge is -2.38. The smallest absolute Gasteiger partial charge is 0.328 e. The second kappa shape index (κ2) is 11.6. The van der Waals surface area contributed by atoms with Gasteiger partial charge in [0.15, 0.2) is 0 Å². The van der Waals surface area contributed by atoms with E-state index in [4.69, 9.17) is 10.5 Å². The van der Waals surface area contributed by atoms with Gasteiger partial charge in [-0.25, -0.2) is 4.79 Å². The summed E-state index contributed by atoms with van der Waals surface area (Å²) in [5.74, 6) is 0.620. The Hall–Kier alpha value is -1.57. The molecule has 29 heavy (non-hydrogen) atoms. The number of hydrogen-bond acceptors (Lipinski definition) is 6. The minimum atomic E-state index is -0.623. The van der Waals surface area contributed by atoms with Gasteiger partial charge in [0.1, 0.15) is 6.04 Å². The first-order valence-electron chi connectivity index (χ1n) is 10.3. The van der Waals surface area contributed by atoms with Crippen molar-refractivity contribution in [1.29, 1.82) is 0 Å². The lowest BCUT2D eigenvalue weighted by Crippen LogP contribution is -2.56. The van der Waals surface area contributed by atoms with Gasteiger partial charge in [-0.1, -0.05) is 44.5 Å². The zero-order valence-electron chi connectivity index (χ0n) is 18.0. The zero-order chi connectivity index (χ0) is 21.4. The molecular formula is C22H35N3O3S. The van der Waals surface area contributed by atoms with Crippen molar-refractivity contribution in [1.82, 2.24) is 10.2 Å². The number of nitrogens with two attached hydrogens (primary N) is 1. The van der Waals surface area contributed by atoms with Gasteiger partial charge < -0.3 is 15.8 Å². The summed E-state index contributed by atoms with van der Waals surface area (Å²) in [6, 6.07) is 7.25. The quantitative estimate of drug-likeness (QED) is 0.564. The molecule has 1 aliphatic heterocycles.